The fraction of sp³-hybridized carbons (Fsp3) is 0.529. The Balaban J connectivity index is 1.67. The molecule has 0 saturated carbocycles. The number of hydrogen-bond acceptors (Lipinski definition) is 6. The van der Waals surface area contributed by atoms with Crippen LogP contribution in [0.25, 0.3) is 0 Å². The lowest BCUT2D eigenvalue weighted by molar-refractivity contribution is -0.386. The number of rotatable bonds is 6. The summed E-state index contributed by atoms with van der Waals surface area (Å²) in [5, 5.41) is 18.1. The van der Waals surface area contributed by atoms with E-state index in [-0.39, 0.29) is 36.0 Å². The van der Waals surface area contributed by atoms with Gasteiger partial charge < -0.3 is 14.5 Å². The van der Waals surface area contributed by atoms with Crippen LogP contribution in [-0.2, 0) is 11.3 Å². The molecule has 1 aliphatic heterocycles. The molecule has 1 amide bonds. The van der Waals surface area contributed by atoms with Crippen molar-refractivity contribution in [3.05, 3.63) is 45.2 Å². The first kappa shape index (κ1) is 18.1. The molecule has 1 N–H and O–H groups in total. The van der Waals surface area contributed by atoms with Crippen LogP contribution in [0.2, 0.25) is 0 Å². The molecule has 0 spiro atoms. The first-order valence-corrected chi connectivity index (χ1v) is 8.56. The van der Waals surface area contributed by atoms with Gasteiger partial charge in [-0.3, -0.25) is 19.6 Å². The predicted molar refractivity (Wildman–Crippen MR) is 92.1 cm³/mol. The van der Waals surface area contributed by atoms with Gasteiger partial charge in [0.25, 0.3) is 5.91 Å². The van der Waals surface area contributed by atoms with Gasteiger partial charge in [-0.15, -0.1) is 0 Å². The van der Waals surface area contributed by atoms with E-state index < -0.39 is 4.92 Å². The number of aromatic nitrogens is 2. The summed E-state index contributed by atoms with van der Waals surface area (Å²) in [6.45, 7) is 6.08. The normalized spacial score (nSPS) is 18.0. The summed E-state index contributed by atoms with van der Waals surface area (Å²) in [5.41, 5.74) is 0.796. The lowest BCUT2D eigenvalue weighted by Gasteiger charge is -2.19. The molecule has 2 atom stereocenters. The van der Waals surface area contributed by atoms with E-state index in [0.717, 1.165) is 19.4 Å². The zero-order valence-corrected chi connectivity index (χ0v) is 15.0. The van der Waals surface area contributed by atoms with Gasteiger partial charge in [-0.2, -0.15) is 5.10 Å². The van der Waals surface area contributed by atoms with Gasteiger partial charge in [-0.1, -0.05) is 0 Å². The fourth-order valence-electron chi connectivity index (χ4n) is 3.21. The van der Waals surface area contributed by atoms with E-state index >= 15 is 0 Å². The Morgan fingerprint density at radius 2 is 2.27 bits per heavy atom. The minimum atomic E-state index is -0.443. The van der Waals surface area contributed by atoms with Gasteiger partial charge in [-0.25, -0.2) is 0 Å². The molecule has 0 aromatic carbocycles. The van der Waals surface area contributed by atoms with Crippen molar-refractivity contribution in [3.63, 3.8) is 0 Å². The number of carbonyl (C=O) groups excluding carboxylic acids is 1. The fourth-order valence-corrected chi connectivity index (χ4v) is 3.21. The van der Waals surface area contributed by atoms with E-state index in [9.17, 15) is 14.9 Å². The minimum absolute atomic E-state index is 0.0000824. The Bertz CT molecular complexity index is 819. The predicted octanol–water partition coefficient (Wildman–Crippen LogP) is 2.35. The molecule has 140 valence electrons. The van der Waals surface area contributed by atoms with Crippen molar-refractivity contribution in [2.45, 2.75) is 52.3 Å². The molecule has 1 saturated heterocycles. The lowest BCUT2D eigenvalue weighted by atomic mass is 10.1. The Morgan fingerprint density at radius 3 is 2.88 bits per heavy atom. The molecular formula is C17H22N4O5. The average Bonchev–Trinajstić information content (AvgIpc) is 3.29. The van der Waals surface area contributed by atoms with Crippen molar-refractivity contribution in [3.8, 4) is 0 Å². The number of carbonyl (C=O) groups is 1. The van der Waals surface area contributed by atoms with Crippen molar-refractivity contribution in [2.24, 2.45) is 0 Å². The first-order chi connectivity index (χ1) is 12.4. The molecule has 0 bridgehead atoms. The van der Waals surface area contributed by atoms with Gasteiger partial charge in [0.05, 0.1) is 23.6 Å². The SMILES string of the molecule is Cc1nn(Cc2ccc(C(=O)N[C@H](C)[C@@H]3CCCO3)o2)c(C)c1[N+](=O)[O-]. The van der Waals surface area contributed by atoms with Crippen LogP contribution in [0.4, 0.5) is 5.69 Å². The standard InChI is InChI=1S/C17H22N4O5/c1-10(14-5-4-8-25-14)18-17(22)15-7-6-13(26-15)9-20-12(3)16(21(23)24)11(2)19-20/h6-7,10,14H,4-5,8-9H2,1-3H3,(H,18,22)/t10-,14+/m1/s1. The summed E-state index contributed by atoms with van der Waals surface area (Å²) in [4.78, 5) is 23.0. The average molecular weight is 362 g/mol. The zero-order chi connectivity index (χ0) is 18.8. The van der Waals surface area contributed by atoms with Crippen LogP contribution in [0.15, 0.2) is 16.5 Å². The van der Waals surface area contributed by atoms with Gasteiger partial charge in [-0.05, 0) is 45.7 Å². The van der Waals surface area contributed by atoms with Crippen molar-refractivity contribution in [2.75, 3.05) is 6.61 Å². The van der Waals surface area contributed by atoms with E-state index in [2.05, 4.69) is 10.4 Å². The topological polar surface area (TPSA) is 112 Å². The van der Waals surface area contributed by atoms with Crippen LogP contribution in [0, 0.1) is 24.0 Å². The Labute approximate surface area is 150 Å². The summed E-state index contributed by atoms with van der Waals surface area (Å²) in [6, 6.07) is 3.17. The second-order valence-corrected chi connectivity index (χ2v) is 6.51. The number of furan rings is 1. The molecule has 2 aromatic heterocycles. The maximum atomic E-state index is 12.3. The lowest BCUT2D eigenvalue weighted by Crippen LogP contribution is -2.40. The molecule has 26 heavy (non-hydrogen) atoms. The second-order valence-electron chi connectivity index (χ2n) is 6.51. The monoisotopic (exact) mass is 362 g/mol. The van der Waals surface area contributed by atoms with Crippen LogP contribution < -0.4 is 5.32 Å². The van der Waals surface area contributed by atoms with Crippen LogP contribution >= 0.6 is 0 Å². The third kappa shape index (κ3) is 3.62. The van der Waals surface area contributed by atoms with Crippen molar-refractivity contribution < 1.29 is 18.9 Å². The number of aryl methyl sites for hydroxylation is 1. The van der Waals surface area contributed by atoms with Gasteiger partial charge in [0.1, 0.15) is 17.1 Å². The third-order valence-electron chi connectivity index (χ3n) is 4.60. The number of ether oxygens (including phenoxy) is 1. The summed E-state index contributed by atoms with van der Waals surface area (Å²) < 4.78 is 12.7. The van der Waals surface area contributed by atoms with Crippen LogP contribution in [0.5, 0.6) is 0 Å². The highest BCUT2D eigenvalue weighted by atomic mass is 16.6. The third-order valence-corrected chi connectivity index (χ3v) is 4.60. The van der Waals surface area contributed by atoms with E-state index in [1.165, 1.54) is 4.68 Å². The number of hydrogen-bond donors (Lipinski definition) is 1. The maximum absolute atomic E-state index is 12.3. The van der Waals surface area contributed by atoms with Crippen molar-refractivity contribution in [1.82, 2.24) is 15.1 Å². The number of nitro groups is 1. The molecular weight excluding hydrogens is 340 g/mol. The first-order valence-electron chi connectivity index (χ1n) is 8.56. The molecule has 0 unspecified atom stereocenters. The molecule has 1 fully saturated rings. The van der Waals surface area contributed by atoms with E-state index in [4.69, 9.17) is 9.15 Å². The highest BCUT2D eigenvalue weighted by molar-refractivity contribution is 5.91. The Kier molecular flexibility index (Phi) is 5.08. The van der Waals surface area contributed by atoms with Crippen LogP contribution in [0.1, 0.15) is 47.5 Å². The quantitative estimate of drug-likeness (QED) is 0.623. The molecule has 1 aliphatic rings. The van der Waals surface area contributed by atoms with Gasteiger partial charge >= 0.3 is 5.69 Å². The highest BCUT2D eigenvalue weighted by Crippen LogP contribution is 2.23. The second kappa shape index (κ2) is 7.28. The Morgan fingerprint density at radius 1 is 1.50 bits per heavy atom. The molecule has 9 nitrogen and oxygen atoms in total. The smallest absolute Gasteiger partial charge is 0.312 e. The largest absolute Gasteiger partial charge is 0.454 e. The number of nitrogens with zero attached hydrogens (tertiary/aromatic N) is 3. The van der Waals surface area contributed by atoms with Crippen molar-refractivity contribution >= 4 is 11.6 Å². The number of amides is 1. The highest BCUT2D eigenvalue weighted by Gasteiger charge is 2.25. The van der Waals surface area contributed by atoms with Gasteiger partial charge in [0.2, 0.25) is 0 Å². The zero-order valence-electron chi connectivity index (χ0n) is 15.0. The maximum Gasteiger partial charge on any atom is 0.312 e. The summed E-state index contributed by atoms with van der Waals surface area (Å²) >= 11 is 0. The van der Waals surface area contributed by atoms with E-state index in [1.807, 2.05) is 6.92 Å². The molecule has 3 heterocycles. The van der Waals surface area contributed by atoms with Crippen LogP contribution in [0.3, 0.4) is 0 Å². The summed E-state index contributed by atoms with van der Waals surface area (Å²) in [6.07, 6.45) is 1.97. The molecule has 3 rings (SSSR count). The van der Waals surface area contributed by atoms with Crippen molar-refractivity contribution in [1.29, 1.82) is 0 Å². The summed E-state index contributed by atoms with van der Waals surface area (Å²) in [5.74, 6) is 0.389. The summed E-state index contributed by atoms with van der Waals surface area (Å²) in [7, 11) is 0. The number of nitrogens with one attached hydrogen (secondary N) is 1. The van der Waals surface area contributed by atoms with Gasteiger partial charge in [0.15, 0.2) is 5.76 Å². The molecule has 0 aliphatic carbocycles. The molecule has 2 aromatic rings. The van der Waals surface area contributed by atoms with Crippen LogP contribution in [-0.4, -0.2) is 39.4 Å². The minimum Gasteiger partial charge on any atom is -0.454 e. The van der Waals surface area contributed by atoms with Gasteiger partial charge in [0, 0.05) is 6.61 Å². The molecule has 0 radical (unpaired) electrons. The van der Waals surface area contributed by atoms with E-state index in [1.54, 1.807) is 26.0 Å². The Hall–Kier alpha value is -2.68. The molecule has 9 heteroatoms. The van der Waals surface area contributed by atoms with E-state index in [0.29, 0.717) is 17.1 Å².